The van der Waals surface area contributed by atoms with Crippen molar-refractivity contribution in [3.05, 3.63) is 65.2 Å². The van der Waals surface area contributed by atoms with Crippen molar-refractivity contribution in [2.45, 2.75) is 19.9 Å². The second kappa shape index (κ2) is 6.75. The summed E-state index contributed by atoms with van der Waals surface area (Å²) in [5.74, 6) is 0.853. The molecular formula is C17H19NO2. The van der Waals surface area contributed by atoms with Crippen LogP contribution in [-0.4, -0.2) is 13.0 Å². The molecule has 0 aliphatic rings. The fourth-order valence-electron chi connectivity index (χ4n) is 2.01. The third kappa shape index (κ3) is 4.12. The molecule has 0 saturated carbocycles. The lowest BCUT2D eigenvalue weighted by Gasteiger charge is -2.07. The van der Waals surface area contributed by atoms with E-state index in [1.807, 2.05) is 55.5 Å². The normalized spacial score (nSPS) is 10.1. The minimum atomic E-state index is 0.0337. The van der Waals surface area contributed by atoms with Crippen molar-refractivity contribution in [1.29, 1.82) is 0 Å². The lowest BCUT2D eigenvalue weighted by Crippen LogP contribution is -2.24. The van der Waals surface area contributed by atoms with Crippen LogP contribution >= 0.6 is 0 Å². The summed E-state index contributed by atoms with van der Waals surface area (Å²) in [5.41, 5.74) is 3.27. The highest BCUT2D eigenvalue weighted by molar-refractivity contribution is 5.78. The van der Waals surface area contributed by atoms with Crippen LogP contribution in [0.2, 0.25) is 0 Å². The van der Waals surface area contributed by atoms with Crippen LogP contribution in [0.15, 0.2) is 48.5 Å². The monoisotopic (exact) mass is 269 g/mol. The maximum absolute atomic E-state index is 11.9. The quantitative estimate of drug-likeness (QED) is 0.906. The number of hydrogen-bond acceptors (Lipinski definition) is 2. The van der Waals surface area contributed by atoms with E-state index in [1.165, 1.54) is 5.56 Å². The van der Waals surface area contributed by atoms with E-state index >= 15 is 0 Å². The van der Waals surface area contributed by atoms with Gasteiger partial charge in [-0.05, 0) is 30.2 Å². The fraction of sp³-hybridized carbons (Fsp3) is 0.235. The number of methoxy groups -OCH3 is 1. The van der Waals surface area contributed by atoms with Crippen molar-refractivity contribution in [1.82, 2.24) is 5.32 Å². The highest BCUT2D eigenvalue weighted by Crippen LogP contribution is 2.11. The van der Waals surface area contributed by atoms with Crippen LogP contribution in [0.25, 0.3) is 0 Å². The lowest BCUT2D eigenvalue weighted by atomic mass is 10.1. The highest BCUT2D eigenvalue weighted by atomic mass is 16.5. The predicted octanol–water partition coefficient (Wildman–Crippen LogP) is 2.86. The van der Waals surface area contributed by atoms with E-state index in [0.29, 0.717) is 13.0 Å². The summed E-state index contributed by atoms with van der Waals surface area (Å²) in [6.45, 7) is 2.56. The Balaban J connectivity index is 1.85. The van der Waals surface area contributed by atoms with Gasteiger partial charge in [0.05, 0.1) is 13.5 Å². The van der Waals surface area contributed by atoms with Gasteiger partial charge in [-0.1, -0.05) is 42.0 Å². The van der Waals surface area contributed by atoms with Crippen molar-refractivity contribution >= 4 is 5.91 Å². The second-order valence-corrected chi connectivity index (χ2v) is 4.79. The molecule has 3 nitrogen and oxygen atoms in total. The topological polar surface area (TPSA) is 38.3 Å². The standard InChI is InChI=1S/C17H19NO2/c1-13-4-3-5-15(10-13)11-17(19)18-12-14-6-8-16(20-2)9-7-14/h3-10H,11-12H2,1-2H3,(H,18,19). The SMILES string of the molecule is COc1ccc(CNC(=O)Cc2cccc(C)c2)cc1. The molecule has 3 heteroatoms. The van der Waals surface area contributed by atoms with Gasteiger partial charge in [-0.3, -0.25) is 4.79 Å². The first-order chi connectivity index (χ1) is 9.67. The fourth-order valence-corrected chi connectivity index (χ4v) is 2.01. The Hall–Kier alpha value is -2.29. The number of amides is 1. The molecule has 20 heavy (non-hydrogen) atoms. The Kier molecular flexibility index (Phi) is 4.77. The van der Waals surface area contributed by atoms with Crippen molar-refractivity contribution in [2.24, 2.45) is 0 Å². The first kappa shape index (κ1) is 14.1. The molecule has 0 spiro atoms. The van der Waals surface area contributed by atoms with E-state index in [9.17, 15) is 4.79 Å². The van der Waals surface area contributed by atoms with E-state index in [-0.39, 0.29) is 5.91 Å². The van der Waals surface area contributed by atoms with E-state index < -0.39 is 0 Å². The zero-order valence-electron chi connectivity index (χ0n) is 11.8. The van der Waals surface area contributed by atoms with Gasteiger partial charge in [-0.25, -0.2) is 0 Å². The number of carbonyl (C=O) groups excluding carboxylic acids is 1. The molecule has 0 aliphatic carbocycles. The molecule has 0 unspecified atom stereocenters. The van der Waals surface area contributed by atoms with E-state index in [4.69, 9.17) is 4.74 Å². The number of hydrogen-bond donors (Lipinski definition) is 1. The lowest BCUT2D eigenvalue weighted by molar-refractivity contribution is -0.120. The average molecular weight is 269 g/mol. The Morgan fingerprint density at radius 1 is 1.10 bits per heavy atom. The van der Waals surface area contributed by atoms with Crippen molar-refractivity contribution in [3.8, 4) is 5.75 Å². The van der Waals surface area contributed by atoms with Crippen LogP contribution in [0.4, 0.5) is 0 Å². The number of benzene rings is 2. The zero-order valence-corrected chi connectivity index (χ0v) is 11.8. The molecular weight excluding hydrogens is 250 g/mol. The van der Waals surface area contributed by atoms with Gasteiger partial charge >= 0.3 is 0 Å². The Bertz CT molecular complexity index is 576. The summed E-state index contributed by atoms with van der Waals surface area (Å²) < 4.78 is 5.10. The Morgan fingerprint density at radius 2 is 1.85 bits per heavy atom. The molecule has 0 fully saturated rings. The van der Waals surface area contributed by atoms with Gasteiger partial charge in [0, 0.05) is 6.54 Å². The largest absolute Gasteiger partial charge is 0.497 e. The summed E-state index contributed by atoms with van der Waals surface area (Å²) in [7, 11) is 1.64. The minimum absolute atomic E-state index is 0.0337. The molecule has 2 aromatic rings. The molecule has 0 radical (unpaired) electrons. The molecule has 0 saturated heterocycles. The van der Waals surface area contributed by atoms with Crippen molar-refractivity contribution in [2.75, 3.05) is 7.11 Å². The van der Waals surface area contributed by atoms with Gasteiger partial charge in [0.1, 0.15) is 5.75 Å². The van der Waals surface area contributed by atoms with Crippen LogP contribution in [0.1, 0.15) is 16.7 Å². The average Bonchev–Trinajstić information content (AvgIpc) is 2.46. The summed E-state index contributed by atoms with van der Waals surface area (Å²) in [6, 6.07) is 15.7. The maximum atomic E-state index is 11.9. The predicted molar refractivity (Wildman–Crippen MR) is 79.7 cm³/mol. The molecule has 0 atom stereocenters. The van der Waals surface area contributed by atoms with Crippen LogP contribution < -0.4 is 10.1 Å². The van der Waals surface area contributed by atoms with Crippen LogP contribution in [-0.2, 0) is 17.8 Å². The number of nitrogens with one attached hydrogen (secondary N) is 1. The molecule has 2 aromatic carbocycles. The van der Waals surface area contributed by atoms with Crippen molar-refractivity contribution < 1.29 is 9.53 Å². The molecule has 0 aliphatic heterocycles. The molecule has 0 bridgehead atoms. The van der Waals surface area contributed by atoms with E-state index in [2.05, 4.69) is 5.32 Å². The third-order valence-corrected chi connectivity index (χ3v) is 3.10. The third-order valence-electron chi connectivity index (χ3n) is 3.10. The second-order valence-electron chi connectivity index (χ2n) is 4.79. The Morgan fingerprint density at radius 3 is 2.50 bits per heavy atom. The summed E-state index contributed by atoms with van der Waals surface area (Å²) in [4.78, 5) is 11.9. The van der Waals surface area contributed by atoms with Crippen LogP contribution in [0.5, 0.6) is 5.75 Å². The Labute approximate surface area is 119 Å². The van der Waals surface area contributed by atoms with Crippen LogP contribution in [0.3, 0.4) is 0 Å². The number of aryl methyl sites for hydroxylation is 1. The zero-order chi connectivity index (χ0) is 14.4. The number of rotatable bonds is 5. The summed E-state index contributed by atoms with van der Waals surface area (Å²) in [5, 5.41) is 2.92. The maximum Gasteiger partial charge on any atom is 0.224 e. The first-order valence-electron chi connectivity index (χ1n) is 6.62. The van der Waals surface area contributed by atoms with Gasteiger partial charge in [-0.15, -0.1) is 0 Å². The summed E-state index contributed by atoms with van der Waals surface area (Å²) >= 11 is 0. The van der Waals surface area contributed by atoms with Crippen LogP contribution in [0, 0.1) is 6.92 Å². The van der Waals surface area contributed by atoms with Gasteiger partial charge in [0.25, 0.3) is 0 Å². The number of ether oxygens (including phenoxy) is 1. The van der Waals surface area contributed by atoms with Gasteiger partial charge in [-0.2, -0.15) is 0 Å². The van der Waals surface area contributed by atoms with Gasteiger partial charge in [0.2, 0.25) is 5.91 Å². The first-order valence-corrected chi connectivity index (χ1v) is 6.62. The molecule has 0 heterocycles. The minimum Gasteiger partial charge on any atom is -0.497 e. The van der Waals surface area contributed by atoms with E-state index in [1.54, 1.807) is 7.11 Å². The van der Waals surface area contributed by atoms with E-state index in [0.717, 1.165) is 16.9 Å². The van der Waals surface area contributed by atoms with Crippen molar-refractivity contribution in [3.63, 3.8) is 0 Å². The van der Waals surface area contributed by atoms with Gasteiger partial charge in [0.15, 0.2) is 0 Å². The molecule has 1 amide bonds. The summed E-state index contributed by atoms with van der Waals surface area (Å²) in [6.07, 6.45) is 0.415. The smallest absolute Gasteiger partial charge is 0.224 e. The number of carbonyl (C=O) groups is 1. The molecule has 1 N–H and O–H groups in total. The van der Waals surface area contributed by atoms with Gasteiger partial charge < -0.3 is 10.1 Å². The highest BCUT2D eigenvalue weighted by Gasteiger charge is 2.03. The molecule has 2 rings (SSSR count). The molecule has 104 valence electrons. The molecule has 0 aromatic heterocycles.